The second kappa shape index (κ2) is 4.74. The van der Waals surface area contributed by atoms with Crippen molar-refractivity contribution in [1.29, 1.82) is 5.26 Å². The van der Waals surface area contributed by atoms with Crippen LogP contribution < -0.4 is 0 Å². The zero-order valence-electron chi connectivity index (χ0n) is 9.85. The molecule has 1 aromatic heterocycles. The molecule has 0 bridgehead atoms. The third-order valence-electron chi connectivity index (χ3n) is 2.66. The average molecular weight is 280 g/mol. The lowest BCUT2D eigenvalue weighted by molar-refractivity contribution is -0.137. The van der Waals surface area contributed by atoms with Crippen molar-refractivity contribution in [3.05, 3.63) is 53.3 Å². The predicted molar refractivity (Wildman–Crippen MR) is 62.4 cm³/mol. The quantitative estimate of drug-likeness (QED) is 0.919. The van der Waals surface area contributed by atoms with Crippen LogP contribution in [0.25, 0.3) is 5.69 Å². The molecule has 0 unspecified atom stereocenters. The lowest BCUT2D eigenvalue weighted by Crippen LogP contribution is -2.05. The topological polar surface area (TPSA) is 66.0 Å². The minimum absolute atomic E-state index is 0.0254. The Morgan fingerprint density at radius 1 is 1.20 bits per heavy atom. The Bertz CT molecular complexity index is 694. The largest absolute Gasteiger partial charge is 0.478 e. The summed E-state index contributed by atoms with van der Waals surface area (Å²) in [5.41, 5.74) is -1.15. The molecule has 1 N–H and O–H groups in total. The summed E-state index contributed by atoms with van der Waals surface area (Å²) in [4.78, 5) is 10.7. The van der Waals surface area contributed by atoms with Gasteiger partial charge in [-0.15, -0.1) is 0 Å². The molecule has 1 heterocycles. The van der Waals surface area contributed by atoms with Crippen LogP contribution in [0.5, 0.6) is 0 Å². The number of halogens is 3. The first kappa shape index (κ1) is 13.7. The summed E-state index contributed by atoms with van der Waals surface area (Å²) in [5.74, 6) is -1.13. The second-order valence-corrected chi connectivity index (χ2v) is 3.95. The van der Waals surface area contributed by atoms with Gasteiger partial charge in [-0.2, -0.15) is 18.4 Å². The van der Waals surface area contributed by atoms with E-state index in [9.17, 15) is 18.0 Å². The molecular weight excluding hydrogens is 273 g/mol. The van der Waals surface area contributed by atoms with E-state index in [1.165, 1.54) is 30.3 Å². The van der Waals surface area contributed by atoms with Crippen LogP contribution in [0.15, 0.2) is 36.7 Å². The molecule has 7 heteroatoms. The Kier molecular flexibility index (Phi) is 3.24. The minimum Gasteiger partial charge on any atom is -0.478 e. The van der Waals surface area contributed by atoms with Crippen LogP contribution in [-0.2, 0) is 6.18 Å². The van der Waals surface area contributed by atoms with E-state index in [0.29, 0.717) is 5.69 Å². The van der Waals surface area contributed by atoms with Crippen LogP contribution in [0.4, 0.5) is 13.2 Å². The molecule has 2 rings (SSSR count). The Balaban J connectivity index is 2.46. The van der Waals surface area contributed by atoms with Crippen molar-refractivity contribution < 1.29 is 23.1 Å². The first-order valence-electron chi connectivity index (χ1n) is 5.36. The van der Waals surface area contributed by atoms with Gasteiger partial charge >= 0.3 is 12.1 Å². The van der Waals surface area contributed by atoms with Gasteiger partial charge in [0.25, 0.3) is 0 Å². The van der Waals surface area contributed by atoms with E-state index in [4.69, 9.17) is 10.4 Å². The molecule has 0 atom stereocenters. The van der Waals surface area contributed by atoms with E-state index in [1.807, 2.05) is 0 Å². The smallest absolute Gasteiger partial charge is 0.419 e. The molecule has 0 aliphatic carbocycles. The number of carboxylic acid groups (broad SMARTS) is 1. The number of hydrogen-bond acceptors (Lipinski definition) is 2. The lowest BCUT2D eigenvalue weighted by Gasteiger charge is -2.04. The van der Waals surface area contributed by atoms with Gasteiger partial charge < -0.3 is 9.67 Å². The molecule has 2 aromatic rings. The summed E-state index contributed by atoms with van der Waals surface area (Å²) in [6.07, 6.45) is -2.76. The summed E-state index contributed by atoms with van der Waals surface area (Å²) in [6.45, 7) is 0. The molecular formula is C13H7F3N2O2. The highest BCUT2D eigenvalue weighted by atomic mass is 19.4. The summed E-state index contributed by atoms with van der Waals surface area (Å²) in [6, 6.07) is 6.77. The van der Waals surface area contributed by atoms with Gasteiger partial charge in [0, 0.05) is 18.1 Å². The zero-order chi connectivity index (χ0) is 14.9. The number of carbonyl (C=O) groups is 1. The number of hydrogen-bond donors (Lipinski definition) is 1. The molecule has 102 valence electrons. The predicted octanol–water partition coefficient (Wildman–Crippen LogP) is 3.07. The van der Waals surface area contributed by atoms with E-state index >= 15 is 0 Å². The summed E-state index contributed by atoms with van der Waals surface area (Å²) in [7, 11) is 0. The van der Waals surface area contributed by atoms with E-state index in [2.05, 4.69) is 0 Å². The molecule has 1 aromatic carbocycles. The third-order valence-corrected chi connectivity index (χ3v) is 2.66. The van der Waals surface area contributed by atoms with Gasteiger partial charge in [-0.05, 0) is 24.3 Å². The first-order chi connectivity index (χ1) is 9.32. The highest BCUT2D eigenvalue weighted by Gasteiger charge is 2.35. The molecule has 0 saturated carbocycles. The van der Waals surface area contributed by atoms with Crippen LogP contribution in [0.3, 0.4) is 0 Å². The third kappa shape index (κ3) is 2.49. The van der Waals surface area contributed by atoms with Gasteiger partial charge in [0.2, 0.25) is 0 Å². The Labute approximate surface area is 111 Å². The fraction of sp³-hybridized carbons (Fsp3) is 0.0769. The molecule has 20 heavy (non-hydrogen) atoms. The number of alkyl halides is 3. The van der Waals surface area contributed by atoms with E-state index in [0.717, 1.165) is 17.0 Å². The van der Waals surface area contributed by atoms with Crippen LogP contribution in [0.2, 0.25) is 0 Å². The molecule has 0 aliphatic heterocycles. The van der Waals surface area contributed by atoms with Gasteiger partial charge in [0.05, 0.1) is 16.7 Å². The van der Waals surface area contributed by atoms with Gasteiger partial charge in [0.1, 0.15) is 6.07 Å². The summed E-state index contributed by atoms with van der Waals surface area (Å²) >= 11 is 0. The van der Waals surface area contributed by atoms with Crippen molar-refractivity contribution in [1.82, 2.24) is 4.57 Å². The van der Waals surface area contributed by atoms with Crippen molar-refractivity contribution in [2.45, 2.75) is 6.18 Å². The number of benzene rings is 1. The number of nitriles is 1. The van der Waals surface area contributed by atoms with Crippen LogP contribution in [-0.4, -0.2) is 15.6 Å². The second-order valence-electron chi connectivity index (χ2n) is 3.95. The van der Waals surface area contributed by atoms with E-state index in [1.54, 1.807) is 0 Å². The molecule has 0 fully saturated rings. The highest BCUT2D eigenvalue weighted by Crippen LogP contribution is 2.33. The van der Waals surface area contributed by atoms with Crippen LogP contribution in [0.1, 0.15) is 21.5 Å². The van der Waals surface area contributed by atoms with E-state index < -0.39 is 23.3 Å². The van der Waals surface area contributed by atoms with E-state index in [-0.39, 0.29) is 5.56 Å². The SMILES string of the molecule is N#Cc1cn(-c2ccc(C(=O)O)cc2)cc1C(F)(F)F. The maximum atomic E-state index is 12.7. The van der Waals surface area contributed by atoms with Crippen molar-refractivity contribution >= 4 is 5.97 Å². The maximum absolute atomic E-state index is 12.7. The standard InChI is InChI=1S/C13H7F3N2O2/c14-13(15,16)11-7-18(6-9(11)5-17)10-3-1-8(2-4-10)12(19)20/h1-4,6-7H,(H,19,20). The van der Waals surface area contributed by atoms with Crippen LogP contribution >= 0.6 is 0 Å². The van der Waals surface area contributed by atoms with Crippen LogP contribution in [0, 0.1) is 11.3 Å². The normalized spacial score (nSPS) is 11.1. The number of aromatic nitrogens is 1. The van der Waals surface area contributed by atoms with Crippen molar-refractivity contribution in [3.8, 4) is 11.8 Å². The minimum atomic E-state index is -4.61. The van der Waals surface area contributed by atoms with Crippen molar-refractivity contribution in [3.63, 3.8) is 0 Å². The monoisotopic (exact) mass is 280 g/mol. The number of aromatic carboxylic acids is 1. The fourth-order valence-electron chi connectivity index (χ4n) is 1.69. The molecule has 0 spiro atoms. The Morgan fingerprint density at radius 2 is 1.80 bits per heavy atom. The van der Waals surface area contributed by atoms with Gasteiger partial charge in [0.15, 0.2) is 0 Å². The summed E-state index contributed by atoms with van der Waals surface area (Å²) in [5, 5.41) is 17.5. The van der Waals surface area contributed by atoms with Crippen molar-refractivity contribution in [2.75, 3.05) is 0 Å². The number of carboxylic acids is 1. The number of nitrogens with zero attached hydrogens (tertiary/aromatic N) is 2. The van der Waals surface area contributed by atoms with Gasteiger partial charge in [-0.3, -0.25) is 0 Å². The molecule has 4 nitrogen and oxygen atoms in total. The van der Waals surface area contributed by atoms with Gasteiger partial charge in [-0.25, -0.2) is 4.79 Å². The molecule has 0 aliphatic rings. The fourth-order valence-corrected chi connectivity index (χ4v) is 1.69. The lowest BCUT2D eigenvalue weighted by atomic mass is 10.2. The molecule has 0 saturated heterocycles. The number of rotatable bonds is 2. The highest BCUT2D eigenvalue weighted by molar-refractivity contribution is 5.87. The van der Waals surface area contributed by atoms with Crippen molar-refractivity contribution in [2.24, 2.45) is 0 Å². The Morgan fingerprint density at radius 3 is 2.20 bits per heavy atom. The molecule has 0 radical (unpaired) electrons. The maximum Gasteiger partial charge on any atom is 0.419 e. The summed E-state index contributed by atoms with van der Waals surface area (Å²) < 4.78 is 39.2. The first-order valence-corrected chi connectivity index (χ1v) is 5.36. The zero-order valence-corrected chi connectivity index (χ0v) is 9.85. The molecule has 0 amide bonds. The average Bonchev–Trinajstić information content (AvgIpc) is 2.83. The Hall–Kier alpha value is -2.75. The van der Waals surface area contributed by atoms with Gasteiger partial charge in [-0.1, -0.05) is 0 Å².